The summed E-state index contributed by atoms with van der Waals surface area (Å²) in [5.74, 6) is 4.18. The standard InChI is InChI=1S/2C19H30O/c2*1-2-3-4-5-6-7-16-8-10-17(11-9-16)18-12-14-19(20)15-13-18/h2*12-17,20H,2-11H2,1H3. The third-order valence-electron chi connectivity index (χ3n) is 9.85. The largest absolute Gasteiger partial charge is 0.508 e. The summed E-state index contributed by atoms with van der Waals surface area (Å²) in [7, 11) is 0. The molecule has 0 amide bonds. The van der Waals surface area contributed by atoms with E-state index in [-0.39, 0.29) is 0 Å². The van der Waals surface area contributed by atoms with Gasteiger partial charge in [0.15, 0.2) is 0 Å². The van der Waals surface area contributed by atoms with Gasteiger partial charge < -0.3 is 10.2 Å². The Hall–Kier alpha value is -1.96. The summed E-state index contributed by atoms with van der Waals surface area (Å²) in [5.41, 5.74) is 2.84. The molecular weight excluding hydrogens is 488 g/mol. The molecule has 0 aromatic heterocycles. The van der Waals surface area contributed by atoms with Gasteiger partial charge in [0.05, 0.1) is 0 Å². The van der Waals surface area contributed by atoms with Crippen LogP contribution in [0.25, 0.3) is 0 Å². The molecule has 2 nitrogen and oxygen atoms in total. The maximum Gasteiger partial charge on any atom is 0.115 e. The molecule has 2 fully saturated rings. The summed E-state index contributed by atoms with van der Waals surface area (Å²) in [6, 6.07) is 15.7. The molecule has 0 spiro atoms. The Labute approximate surface area is 247 Å². The highest BCUT2D eigenvalue weighted by Crippen LogP contribution is 2.39. The van der Waals surface area contributed by atoms with Crippen LogP contribution in [0.2, 0.25) is 0 Å². The molecule has 0 saturated heterocycles. The van der Waals surface area contributed by atoms with Crippen LogP contribution in [0.5, 0.6) is 11.5 Å². The number of unbranched alkanes of at least 4 members (excludes halogenated alkanes) is 8. The van der Waals surface area contributed by atoms with Crippen LogP contribution < -0.4 is 0 Å². The van der Waals surface area contributed by atoms with E-state index in [1.54, 1.807) is 0 Å². The van der Waals surface area contributed by atoms with E-state index in [2.05, 4.69) is 38.1 Å². The summed E-state index contributed by atoms with van der Waals surface area (Å²) < 4.78 is 0. The van der Waals surface area contributed by atoms with E-state index in [4.69, 9.17) is 0 Å². The molecule has 2 aliphatic rings. The molecule has 2 N–H and O–H groups in total. The Morgan fingerprint density at radius 1 is 0.450 bits per heavy atom. The zero-order valence-electron chi connectivity index (χ0n) is 26.0. The zero-order chi connectivity index (χ0) is 28.4. The Morgan fingerprint density at radius 3 is 1.10 bits per heavy atom. The van der Waals surface area contributed by atoms with E-state index in [9.17, 15) is 10.2 Å². The fourth-order valence-corrected chi connectivity index (χ4v) is 7.14. The van der Waals surface area contributed by atoms with Crippen LogP contribution in [0, 0.1) is 11.8 Å². The minimum atomic E-state index is 0.384. The highest BCUT2D eigenvalue weighted by atomic mass is 16.3. The van der Waals surface area contributed by atoms with E-state index < -0.39 is 0 Å². The average Bonchev–Trinajstić information content (AvgIpc) is 2.99. The first kappa shape index (κ1) is 32.6. The summed E-state index contributed by atoms with van der Waals surface area (Å²) in [6.45, 7) is 4.56. The number of aromatic hydroxyl groups is 2. The molecule has 40 heavy (non-hydrogen) atoms. The summed E-state index contributed by atoms with van der Waals surface area (Å²) >= 11 is 0. The third-order valence-corrected chi connectivity index (χ3v) is 9.85. The van der Waals surface area contributed by atoms with E-state index in [0.29, 0.717) is 11.5 Å². The van der Waals surface area contributed by atoms with Crippen LogP contribution in [0.1, 0.15) is 165 Å². The van der Waals surface area contributed by atoms with Crippen LogP contribution in [-0.4, -0.2) is 10.2 Å². The second-order valence-corrected chi connectivity index (χ2v) is 13.0. The van der Waals surface area contributed by atoms with Gasteiger partial charge in [0, 0.05) is 0 Å². The molecule has 4 rings (SSSR count). The van der Waals surface area contributed by atoms with Crippen molar-refractivity contribution in [3.8, 4) is 11.5 Å². The number of rotatable bonds is 14. The predicted octanol–water partition coefficient (Wildman–Crippen LogP) is 12.1. The summed E-state index contributed by atoms with van der Waals surface area (Å²) in [4.78, 5) is 0. The van der Waals surface area contributed by atoms with Gasteiger partial charge in [-0.1, -0.05) is 115 Å². The van der Waals surface area contributed by atoms with Crippen LogP contribution in [0.3, 0.4) is 0 Å². The Balaban J connectivity index is 0.000000220. The van der Waals surface area contributed by atoms with Crippen molar-refractivity contribution in [3.05, 3.63) is 59.7 Å². The summed E-state index contributed by atoms with van der Waals surface area (Å²) in [5, 5.41) is 18.7. The van der Waals surface area contributed by atoms with Crippen molar-refractivity contribution in [1.29, 1.82) is 0 Å². The van der Waals surface area contributed by atoms with E-state index >= 15 is 0 Å². The molecule has 0 radical (unpaired) electrons. The van der Waals surface area contributed by atoms with Gasteiger partial charge in [-0.15, -0.1) is 0 Å². The number of hydrogen-bond donors (Lipinski definition) is 2. The maximum absolute atomic E-state index is 9.36. The number of hydrogen-bond acceptors (Lipinski definition) is 2. The molecule has 2 saturated carbocycles. The normalized spacial score (nSPS) is 22.9. The van der Waals surface area contributed by atoms with Gasteiger partial charge in [0.25, 0.3) is 0 Å². The van der Waals surface area contributed by atoms with Crippen molar-refractivity contribution in [2.45, 2.75) is 154 Å². The number of benzene rings is 2. The van der Waals surface area contributed by atoms with Crippen LogP contribution in [0.15, 0.2) is 48.5 Å². The molecule has 2 heteroatoms. The molecule has 2 aromatic carbocycles. The van der Waals surface area contributed by atoms with Crippen LogP contribution >= 0.6 is 0 Å². The third kappa shape index (κ3) is 12.3. The van der Waals surface area contributed by atoms with Crippen molar-refractivity contribution in [3.63, 3.8) is 0 Å². The molecule has 0 bridgehead atoms. The van der Waals surface area contributed by atoms with Gasteiger partial charge in [0.1, 0.15) is 11.5 Å². The minimum Gasteiger partial charge on any atom is -0.508 e. The van der Waals surface area contributed by atoms with E-state index in [1.165, 1.54) is 140 Å². The predicted molar refractivity (Wildman–Crippen MR) is 172 cm³/mol. The Bertz CT molecular complexity index is 795. The van der Waals surface area contributed by atoms with E-state index in [1.807, 2.05) is 24.3 Å². The average molecular weight is 549 g/mol. The van der Waals surface area contributed by atoms with Gasteiger partial charge in [-0.25, -0.2) is 0 Å². The zero-order valence-corrected chi connectivity index (χ0v) is 26.0. The lowest BCUT2D eigenvalue weighted by molar-refractivity contribution is 0.302. The van der Waals surface area contributed by atoms with Crippen molar-refractivity contribution in [1.82, 2.24) is 0 Å². The SMILES string of the molecule is CCCCCCCC1CCC(c2ccc(O)cc2)CC1.CCCCCCCC1CCC(c2ccc(O)cc2)CC1. The van der Waals surface area contributed by atoms with E-state index in [0.717, 1.165) is 23.7 Å². The summed E-state index contributed by atoms with van der Waals surface area (Å²) in [6.07, 6.45) is 28.0. The Kier molecular flexibility index (Phi) is 15.6. The quantitative estimate of drug-likeness (QED) is 0.230. The lowest BCUT2D eigenvalue weighted by Crippen LogP contribution is -2.13. The molecular formula is C38H60O2. The first-order valence-corrected chi connectivity index (χ1v) is 17.2. The lowest BCUT2D eigenvalue weighted by atomic mass is 9.77. The number of phenols is 2. The topological polar surface area (TPSA) is 40.5 Å². The molecule has 0 heterocycles. The van der Waals surface area contributed by atoms with Gasteiger partial charge in [-0.3, -0.25) is 0 Å². The van der Waals surface area contributed by atoms with Crippen molar-refractivity contribution >= 4 is 0 Å². The maximum atomic E-state index is 9.36. The first-order chi connectivity index (χ1) is 19.6. The van der Waals surface area contributed by atoms with Crippen LogP contribution in [-0.2, 0) is 0 Å². The first-order valence-electron chi connectivity index (χ1n) is 17.2. The molecule has 0 atom stereocenters. The minimum absolute atomic E-state index is 0.384. The molecule has 2 aliphatic carbocycles. The fourth-order valence-electron chi connectivity index (χ4n) is 7.14. The van der Waals surface area contributed by atoms with Gasteiger partial charge in [-0.05, 0) is 110 Å². The van der Waals surface area contributed by atoms with Gasteiger partial charge >= 0.3 is 0 Å². The Morgan fingerprint density at radius 2 is 0.775 bits per heavy atom. The number of phenolic OH excluding ortho intramolecular Hbond substituents is 2. The highest BCUT2D eigenvalue weighted by molar-refractivity contribution is 5.29. The molecule has 224 valence electrons. The lowest BCUT2D eigenvalue weighted by Gasteiger charge is -2.29. The van der Waals surface area contributed by atoms with Crippen molar-refractivity contribution < 1.29 is 10.2 Å². The molecule has 0 unspecified atom stereocenters. The smallest absolute Gasteiger partial charge is 0.115 e. The van der Waals surface area contributed by atoms with Gasteiger partial charge in [0.2, 0.25) is 0 Å². The molecule has 0 aliphatic heterocycles. The monoisotopic (exact) mass is 548 g/mol. The highest BCUT2D eigenvalue weighted by Gasteiger charge is 2.23. The second-order valence-electron chi connectivity index (χ2n) is 13.0. The van der Waals surface area contributed by atoms with Crippen molar-refractivity contribution in [2.24, 2.45) is 11.8 Å². The fraction of sp³-hybridized carbons (Fsp3) is 0.684. The van der Waals surface area contributed by atoms with Gasteiger partial charge in [-0.2, -0.15) is 0 Å². The second kappa shape index (κ2) is 19.2. The molecule has 2 aromatic rings. The van der Waals surface area contributed by atoms with Crippen molar-refractivity contribution in [2.75, 3.05) is 0 Å². The van der Waals surface area contributed by atoms with Crippen LogP contribution in [0.4, 0.5) is 0 Å².